The molecule has 1 heterocycles. The first kappa shape index (κ1) is 57.0. The fourth-order valence-electron chi connectivity index (χ4n) is 6.04. The van der Waals surface area contributed by atoms with E-state index in [0.29, 0.717) is 83.2 Å². The van der Waals surface area contributed by atoms with Crippen molar-refractivity contribution in [1.29, 1.82) is 0 Å². The molecule has 1 fully saturated rings. The Balaban J connectivity index is 0.0000192. The number of benzene rings is 1. The molecular weight excluding hydrogens is 997 g/mol. The second kappa shape index (κ2) is 32.6. The summed E-state index contributed by atoms with van der Waals surface area (Å²) in [5.74, 6) is -5.12. The van der Waals surface area contributed by atoms with Crippen LogP contribution in [0.3, 0.4) is 0 Å². The van der Waals surface area contributed by atoms with Gasteiger partial charge in [0.05, 0.1) is 77.3 Å². The van der Waals surface area contributed by atoms with Crippen molar-refractivity contribution in [2.24, 2.45) is 0 Å². The molecule has 0 aromatic heterocycles. The maximum atomic E-state index is 12.0. The topological polar surface area (TPSA) is 270 Å². The van der Waals surface area contributed by atoms with E-state index in [9.17, 15) is 44.4 Å². The number of carbonyl (C=O) groups is 5. The molecule has 0 bridgehead atoms. The summed E-state index contributed by atoms with van der Waals surface area (Å²) < 4.78 is 27.1. The van der Waals surface area contributed by atoms with E-state index in [2.05, 4.69) is 16.0 Å². The number of aliphatic carboxylic acids is 4. The van der Waals surface area contributed by atoms with Gasteiger partial charge in [0.2, 0.25) is 0 Å². The Morgan fingerprint density at radius 1 is 0.677 bits per heavy atom. The Morgan fingerprint density at radius 2 is 1.11 bits per heavy atom. The average Bonchev–Trinajstić information content (AvgIpc) is 3.15. The Hall–Kier alpha value is -3.03. The van der Waals surface area contributed by atoms with E-state index in [0.717, 1.165) is 5.56 Å². The molecule has 1 amide bonds. The molecular formula is C39H62LuN7O14S. The van der Waals surface area contributed by atoms with Gasteiger partial charge in [0.25, 0.3) is 0 Å². The molecule has 0 spiro atoms. The predicted molar refractivity (Wildman–Crippen MR) is 219 cm³/mol. The van der Waals surface area contributed by atoms with Gasteiger partial charge in [-0.2, -0.15) is 0 Å². The number of carbonyl (C=O) groups excluding carboxylic acids is 4. The van der Waals surface area contributed by atoms with E-state index >= 15 is 0 Å². The van der Waals surface area contributed by atoms with Crippen LogP contribution in [0, 0.1) is 36.9 Å². The van der Waals surface area contributed by atoms with Gasteiger partial charge in [-0.1, -0.05) is 12.1 Å². The van der Waals surface area contributed by atoms with Gasteiger partial charge in [0.15, 0.2) is 5.11 Å². The van der Waals surface area contributed by atoms with Gasteiger partial charge in [0.1, 0.15) is 5.60 Å². The molecule has 0 radical (unpaired) electrons. The summed E-state index contributed by atoms with van der Waals surface area (Å²) in [6.45, 7) is 8.43. The minimum atomic E-state index is -1.34. The summed E-state index contributed by atoms with van der Waals surface area (Å²) in [6.07, 6.45) is -0.178. The van der Waals surface area contributed by atoms with Gasteiger partial charge in [0, 0.05) is 90.3 Å². The first-order chi connectivity index (χ1) is 29.0. The number of nitrogens with one attached hydrogen (secondary N) is 3. The van der Waals surface area contributed by atoms with Crippen LogP contribution in [0.25, 0.3) is 0 Å². The molecule has 1 saturated heterocycles. The Bertz CT molecular complexity index is 1490. The van der Waals surface area contributed by atoms with Crippen molar-refractivity contribution >= 4 is 53.0 Å². The zero-order valence-electron chi connectivity index (χ0n) is 35.7. The number of hydrogen-bond acceptors (Lipinski definition) is 18. The standard InChI is InChI=1S/C39H65N7O14S.Lu/c1-39(2,3)60-38(55)41-9-17-57-19-21-59-23-22-58-20-18-56-16-8-40-37(61)42-31-6-4-30(5-7-31)24-32-25-45(28-35(51)52)13-12-43(26-33(47)48)10-11-44(27-34(49)50)14-15-46(32)29-36(53)54;/h4-7,32H,8-29H2,1-3H3,(H,41,55)(H,47,48)(H,49,50)(H,51,52)(H,53,54)(H2,40,42,61);/q;+3/p-3. The van der Waals surface area contributed by atoms with E-state index in [4.69, 9.17) is 35.9 Å². The van der Waals surface area contributed by atoms with Crippen molar-refractivity contribution in [3.05, 3.63) is 29.8 Å². The smallest absolute Gasteiger partial charge is 0.549 e. The summed E-state index contributed by atoms with van der Waals surface area (Å²) in [6, 6.07) is 6.74. The molecule has 1 unspecified atom stereocenters. The monoisotopic (exact) mass is 1060 g/mol. The van der Waals surface area contributed by atoms with E-state index in [1.165, 1.54) is 0 Å². The fourth-order valence-corrected chi connectivity index (χ4v) is 6.26. The third-order valence-corrected chi connectivity index (χ3v) is 9.04. The summed E-state index contributed by atoms with van der Waals surface area (Å²) in [4.78, 5) is 64.6. The number of anilines is 1. The summed E-state index contributed by atoms with van der Waals surface area (Å²) >= 11 is 5.42. The van der Waals surface area contributed by atoms with Crippen LogP contribution < -0.4 is 31.3 Å². The molecule has 4 N–H and O–H groups in total. The van der Waals surface area contributed by atoms with E-state index in [-0.39, 0.29) is 89.2 Å². The van der Waals surface area contributed by atoms with Gasteiger partial charge in [-0.25, -0.2) is 4.79 Å². The van der Waals surface area contributed by atoms with Crippen LogP contribution in [0.2, 0.25) is 0 Å². The van der Waals surface area contributed by atoms with Crippen LogP contribution in [0.5, 0.6) is 0 Å². The third kappa shape index (κ3) is 29.4. The minimum Gasteiger partial charge on any atom is -0.549 e. The normalized spacial score (nSPS) is 16.2. The SMILES string of the molecule is CC(C)(C)OC(=O)NCCOCCOCCOCCOCCNC(=S)Nc1ccc(CC2CN(CC(=O)[O-])CCN(CC(=O)[O-])CCN(CC(=O)[O-])CCN2CC(=O)O)cc1.[Lu+3]. The molecule has 62 heavy (non-hydrogen) atoms. The molecule has 1 aromatic carbocycles. The number of hydrogen-bond donors (Lipinski definition) is 4. The number of ether oxygens (including phenoxy) is 5. The van der Waals surface area contributed by atoms with Gasteiger partial charge in [-0.15, -0.1) is 0 Å². The average molecular weight is 1060 g/mol. The number of carboxylic acid groups (broad SMARTS) is 4. The molecule has 1 aliphatic heterocycles. The summed E-state index contributed by atoms with van der Waals surface area (Å²) in [7, 11) is 0. The van der Waals surface area contributed by atoms with E-state index in [1.54, 1.807) is 52.5 Å². The Labute approximate surface area is 397 Å². The van der Waals surface area contributed by atoms with Crippen molar-refractivity contribution in [1.82, 2.24) is 30.2 Å². The maximum absolute atomic E-state index is 12.0. The number of nitrogens with zero attached hydrogens (tertiary/aromatic N) is 4. The van der Waals surface area contributed by atoms with Crippen molar-refractivity contribution in [2.45, 2.75) is 38.8 Å². The molecule has 0 aliphatic carbocycles. The molecule has 1 atom stereocenters. The van der Waals surface area contributed by atoms with Crippen molar-refractivity contribution in [3.8, 4) is 0 Å². The van der Waals surface area contributed by atoms with Crippen molar-refractivity contribution in [3.63, 3.8) is 0 Å². The molecule has 21 nitrogen and oxygen atoms in total. The second-order valence-electron chi connectivity index (χ2n) is 15.1. The van der Waals surface area contributed by atoms with Crippen LogP contribution >= 0.6 is 12.2 Å². The Morgan fingerprint density at radius 3 is 1.58 bits per heavy atom. The van der Waals surface area contributed by atoms with E-state index < -0.39 is 61.2 Å². The molecule has 0 saturated carbocycles. The maximum Gasteiger partial charge on any atom is 3.00 e. The molecule has 1 aromatic rings. The molecule has 1 aliphatic rings. The zero-order chi connectivity index (χ0) is 45.0. The van der Waals surface area contributed by atoms with Crippen LogP contribution in [0.15, 0.2) is 24.3 Å². The van der Waals surface area contributed by atoms with Crippen molar-refractivity contribution in [2.75, 3.05) is 143 Å². The van der Waals surface area contributed by atoms with Crippen LogP contribution in [-0.4, -0.2) is 209 Å². The molecule has 358 valence electrons. The first-order valence-corrected chi connectivity index (χ1v) is 20.5. The van der Waals surface area contributed by atoms with Crippen LogP contribution in [0.1, 0.15) is 26.3 Å². The second-order valence-corrected chi connectivity index (χ2v) is 15.5. The number of alkyl carbamates (subject to hydrolysis) is 1. The quantitative estimate of drug-likeness (QED) is 0.0509. The number of rotatable bonds is 26. The summed E-state index contributed by atoms with van der Waals surface area (Å²) in [5.41, 5.74) is 0.948. The summed E-state index contributed by atoms with van der Waals surface area (Å²) in [5, 5.41) is 53.6. The first-order valence-electron chi connectivity index (χ1n) is 20.1. The van der Waals surface area contributed by atoms with Crippen molar-refractivity contribution < 1.29 is 105 Å². The number of amides is 1. The number of carboxylic acids is 4. The predicted octanol–water partition coefficient (Wildman–Crippen LogP) is -3.97. The number of thiocarbonyl (C=S) groups is 1. The zero-order valence-corrected chi connectivity index (χ0v) is 38.1. The van der Waals surface area contributed by atoms with Gasteiger partial charge < -0.3 is 74.4 Å². The van der Waals surface area contributed by atoms with Gasteiger partial charge >= 0.3 is 48.9 Å². The largest absolute Gasteiger partial charge is 3.00 e. The third-order valence-electron chi connectivity index (χ3n) is 8.80. The molecule has 23 heteroatoms. The Kier molecular flexibility index (Phi) is 30.0. The fraction of sp³-hybridized carbons (Fsp3) is 0.692. The van der Waals surface area contributed by atoms with Gasteiger partial charge in [-0.3, -0.25) is 24.4 Å². The van der Waals surface area contributed by atoms with Crippen LogP contribution in [0.4, 0.5) is 10.5 Å². The minimum absolute atomic E-state index is 0. The molecule has 2 rings (SSSR count). The van der Waals surface area contributed by atoms with Crippen LogP contribution in [-0.2, 0) is 49.3 Å². The van der Waals surface area contributed by atoms with Gasteiger partial charge in [-0.05, 0) is 57.1 Å². The van der Waals surface area contributed by atoms with E-state index in [1.807, 2.05) is 12.1 Å².